The molecule has 2 rings (SSSR count). The molecule has 17 heavy (non-hydrogen) atoms. The summed E-state index contributed by atoms with van der Waals surface area (Å²) in [6.07, 6.45) is 0.208. The number of carbonyl (C=O) groups excluding carboxylic acids is 1. The number of carbonyl (C=O) groups is 1. The fourth-order valence-corrected chi connectivity index (χ4v) is 2.15. The number of rotatable bonds is 3. The van der Waals surface area contributed by atoms with Gasteiger partial charge in [0.2, 0.25) is 0 Å². The molecule has 0 bridgehead atoms. The molecule has 1 aromatic carbocycles. The minimum absolute atomic E-state index is 0.0241. The molecule has 1 atom stereocenters. The van der Waals surface area contributed by atoms with Crippen molar-refractivity contribution in [3.05, 3.63) is 34.1 Å². The Kier molecular flexibility index (Phi) is 4.25. The molecule has 0 saturated carbocycles. The Bertz CT molecular complexity index is 419. The summed E-state index contributed by atoms with van der Waals surface area (Å²) in [5.74, 6) is -0.306. The van der Waals surface area contributed by atoms with E-state index >= 15 is 0 Å². The summed E-state index contributed by atoms with van der Waals surface area (Å²) in [6.45, 7) is 1.71. The molecule has 3 nitrogen and oxygen atoms in total. The molecule has 0 aliphatic carbocycles. The van der Waals surface area contributed by atoms with Gasteiger partial charge in [-0.3, -0.25) is 4.79 Å². The van der Waals surface area contributed by atoms with Gasteiger partial charge in [-0.15, -0.1) is 0 Å². The van der Waals surface area contributed by atoms with Crippen LogP contribution in [-0.2, 0) is 16.0 Å². The molecule has 0 amide bonds. The van der Waals surface area contributed by atoms with E-state index in [4.69, 9.17) is 4.74 Å². The number of halogens is 2. The highest BCUT2D eigenvalue weighted by Gasteiger charge is 2.21. The lowest BCUT2D eigenvalue weighted by molar-refractivity contribution is -0.123. The van der Waals surface area contributed by atoms with E-state index in [1.165, 1.54) is 12.1 Å². The minimum atomic E-state index is -0.330. The average molecular weight is 302 g/mol. The van der Waals surface area contributed by atoms with Crippen LogP contribution in [0.2, 0.25) is 0 Å². The largest absolute Gasteiger partial charge is 0.378 e. The van der Waals surface area contributed by atoms with Crippen LogP contribution < -0.4 is 5.32 Å². The molecular formula is C12H13BrFNO2. The van der Waals surface area contributed by atoms with Crippen LogP contribution in [0.1, 0.15) is 5.56 Å². The van der Waals surface area contributed by atoms with Gasteiger partial charge in [-0.05, 0) is 23.8 Å². The summed E-state index contributed by atoms with van der Waals surface area (Å²) >= 11 is 3.31. The van der Waals surface area contributed by atoms with Crippen molar-refractivity contribution < 1.29 is 13.9 Å². The molecule has 1 aliphatic rings. The van der Waals surface area contributed by atoms with Gasteiger partial charge < -0.3 is 10.1 Å². The summed E-state index contributed by atoms with van der Waals surface area (Å²) < 4.78 is 19.0. The second-order valence-corrected chi connectivity index (χ2v) is 4.81. The number of hydrogen-bond acceptors (Lipinski definition) is 3. The summed E-state index contributed by atoms with van der Waals surface area (Å²) in [6, 6.07) is 4.08. The molecular weight excluding hydrogens is 289 g/mol. The Morgan fingerprint density at radius 2 is 2.41 bits per heavy atom. The predicted octanol–water partition coefficient (Wildman–Crippen LogP) is 1.69. The molecule has 1 fully saturated rings. The van der Waals surface area contributed by atoms with E-state index in [1.54, 1.807) is 6.07 Å². The fourth-order valence-electron chi connectivity index (χ4n) is 1.76. The summed E-state index contributed by atoms with van der Waals surface area (Å²) in [4.78, 5) is 11.9. The average Bonchev–Trinajstić information content (AvgIpc) is 2.35. The van der Waals surface area contributed by atoms with E-state index in [1.807, 2.05) is 0 Å². The lowest BCUT2D eigenvalue weighted by atomic mass is 10.0. The van der Waals surface area contributed by atoms with Gasteiger partial charge in [-0.1, -0.05) is 15.9 Å². The van der Waals surface area contributed by atoms with Crippen LogP contribution >= 0.6 is 15.9 Å². The second-order valence-electron chi connectivity index (χ2n) is 3.96. The van der Waals surface area contributed by atoms with Crippen LogP contribution in [-0.4, -0.2) is 31.6 Å². The second kappa shape index (κ2) is 5.71. The van der Waals surface area contributed by atoms with Crippen molar-refractivity contribution in [1.82, 2.24) is 5.32 Å². The molecule has 0 aromatic heterocycles. The van der Waals surface area contributed by atoms with Gasteiger partial charge in [0.15, 0.2) is 5.78 Å². The maximum Gasteiger partial charge on any atom is 0.156 e. The van der Waals surface area contributed by atoms with Gasteiger partial charge in [0.25, 0.3) is 0 Å². The summed E-state index contributed by atoms with van der Waals surface area (Å²) in [7, 11) is 0. The van der Waals surface area contributed by atoms with E-state index in [9.17, 15) is 9.18 Å². The normalized spacial score (nSPS) is 20.2. The van der Waals surface area contributed by atoms with E-state index in [-0.39, 0.29) is 24.1 Å². The Labute approximate surface area is 107 Å². The standard InChI is InChI=1S/C12H13BrFNO2/c13-10-2-1-9(14)5-8(10)6-12(16)11-7-17-4-3-15-11/h1-2,5,11,15H,3-4,6-7H2. The van der Waals surface area contributed by atoms with Crippen LogP contribution in [0, 0.1) is 5.82 Å². The van der Waals surface area contributed by atoms with E-state index < -0.39 is 0 Å². The van der Waals surface area contributed by atoms with Crippen LogP contribution in [0.3, 0.4) is 0 Å². The molecule has 1 N–H and O–H groups in total. The van der Waals surface area contributed by atoms with Crippen LogP contribution in [0.4, 0.5) is 4.39 Å². The summed E-state index contributed by atoms with van der Waals surface area (Å²) in [5, 5.41) is 3.09. The molecule has 1 saturated heterocycles. The predicted molar refractivity (Wildman–Crippen MR) is 65.4 cm³/mol. The Hall–Kier alpha value is -0.780. The van der Waals surface area contributed by atoms with Crippen molar-refractivity contribution >= 4 is 21.7 Å². The first-order valence-electron chi connectivity index (χ1n) is 5.44. The van der Waals surface area contributed by atoms with Gasteiger partial charge in [0.1, 0.15) is 5.82 Å². The number of nitrogens with one attached hydrogen (secondary N) is 1. The lowest BCUT2D eigenvalue weighted by Crippen LogP contribution is -2.47. The molecule has 92 valence electrons. The number of ether oxygens (including phenoxy) is 1. The third-order valence-corrected chi connectivity index (χ3v) is 3.46. The van der Waals surface area contributed by atoms with E-state index in [0.29, 0.717) is 25.3 Å². The maximum absolute atomic E-state index is 13.1. The fraction of sp³-hybridized carbons (Fsp3) is 0.417. The Morgan fingerprint density at radius 3 is 3.12 bits per heavy atom. The number of benzene rings is 1. The first kappa shape index (κ1) is 12.7. The molecule has 5 heteroatoms. The van der Waals surface area contributed by atoms with Gasteiger partial charge in [0.05, 0.1) is 19.3 Å². The van der Waals surface area contributed by atoms with Crippen molar-refractivity contribution in [2.45, 2.75) is 12.5 Å². The Morgan fingerprint density at radius 1 is 1.59 bits per heavy atom. The highest BCUT2D eigenvalue weighted by molar-refractivity contribution is 9.10. The first-order valence-corrected chi connectivity index (χ1v) is 6.24. The molecule has 0 spiro atoms. The smallest absolute Gasteiger partial charge is 0.156 e. The quantitative estimate of drug-likeness (QED) is 0.923. The van der Waals surface area contributed by atoms with Gasteiger partial charge >= 0.3 is 0 Å². The number of hydrogen-bond donors (Lipinski definition) is 1. The molecule has 1 aromatic rings. The zero-order valence-corrected chi connectivity index (χ0v) is 10.8. The minimum Gasteiger partial charge on any atom is -0.378 e. The highest BCUT2D eigenvalue weighted by Crippen LogP contribution is 2.19. The third-order valence-electron chi connectivity index (χ3n) is 2.68. The monoisotopic (exact) mass is 301 g/mol. The van der Waals surface area contributed by atoms with Crippen molar-refractivity contribution in [3.8, 4) is 0 Å². The Balaban J connectivity index is 2.04. The van der Waals surface area contributed by atoms with Crippen molar-refractivity contribution in [1.29, 1.82) is 0 Å². The SMILES string of the molecule is O=C(Cc1cc(F)ccc1Br)C1COCCN1. The summed E-state index contributed by atoms with van der Waals surface area (Å²) in [5.41, 5.74) is 0.669. The zero-order valence-electron chi connectivity index (χ0n) is 9.21. The van der Waals surface area contributed by atoms with Gasteiger partial charge in [-0.25, -0.2) is 4.39 Å². The van der Waals surface area contributed by atoms with E-state index in [0.717, 1.165) is 4.47 Å². The van der Waals surface area contributed by atoms with Gasteiger partial charge in [0, 0.05) is 17.4 Å². The molecule has 0 radical (unpaired) electrons. The molecule has 1 heterocycles. The van der Waals surface area contributed by atoms with Crippen molar-refractivity contribution in [2.75, 3.05) is 19.8 Å². The third kappa shape index (κ3) is 3.34. The highest BCUT2D eigenvalue weighted by atomic mass is 79.9. The van der Waals surface area contributed by atoms with Crippen LogP contribution in [0.15, 0.2) is 22.7 Å². The number of morpholine rings is 1. The number of Topliss-reactive ketones (excluding diaryl/α,β-unsaturated/α-hetero) is 1. The maximum atomic E-state index is 13.1. The van der Waals surface area contributed by atoms with Crippen LogP contribution in [0.5, 0.6) is 0 Å². The van der Waals surface area contributed by atoms with Crippen molar-refractivity contribution in [2.24, 2.45) is 0 Å². The van der Waals surface area contributed by atoms with E-state index in [2.05, 4.69) is 21.2 Å². The first-order chi connectivity index (χ1) is 8.16. The molecule has 1 unspecified atom stereocenters. The zero-order chi connectivity index (χ0) is 12.3. The van der Waals surface area contributed by atoms with Crippen molar-refractivity contribution in [3.63, 3.8) is 0 Å². The van der Waals surface area contributed by atoms with Crippen LogP contribution in [0.25, 0.3) is 0 Å². The topological polar surface area (TPSA) is 38.3 Å². The number of ketones is 1. The van der Waals surface area contributed by atoms with Gasteiger partial charge in [-0.2, -0.15) is 0 Å². The lowest BCUT2D eigenvalue weighted by Gasteiger charge is -2.22. The molecule has 1 aliphatic heterocycles.